The van der Waals surface area contributed by atoms with Crippen molar-refractivity contribution in [2.45, 2.75) is 25.5 Å². The normalized spacial score (nSPS) is 19.9. The number of aromatic nitrogens is 2. The number of carbonyl (C=O) groups is 2. The van der Waals surface area contributed by atoms with Crippen LogP contribution in [0.5, 0.6) is 0 Å². The Labute approximate surface area is 97.3 Å². The summed E-state index contributed by atoms with van der Waals surface area (Å²) < 4.78 is 0. The Hall–Kier alpha value is -2.02. The first-order chi connectivity index (χ1) is 8.20. The molecule has 0 spiro atoms. The molecule has 2 rings (SSSR count). The summed E-state index contributed by atoms with van der Waals surface area (Å²) in [4.78, 5) is 30.2. The third-order valence-corrected chi connectivity index (χ3v) is 2.51. The second-order valence-electron chi connectivity index (χ2n) is 3.70. The maximum Gasteiger partial charge on any atom is 0.249 e. The van der Waals surface area contributed by atoms with Gasteiger partial charge in [0, 0.05) is 18.2 Å². The molecule has 1 atom stereocenters. The summed E-state index contributed by atoms with van der Waals surface area (Å²) in [6.07, 6.45) is 3.51. The number of nitrogens with one attached hydrogen (secondary N) is 2. The summed E-state index contributed by atoms with van der Waals surface area (Å²) in [5, 5.41) is 14.2. The Kier molecular flexibility index (Phi) is 3.29. The Morgan fingerprint density at radius 2 is 2.35 bits per heavy atom. The molecule has 90 valence electrons. The van der Waals surface area contributed by atoms with Crippen molar-refractivity contribution in [1.82, 2.24) is 15.3 Å². The van der Waals surface area contributed by atoms with Crippen LogP contribution in [0.4, 0.5) is 5.82 Å². The smallest absolute Gasteiger partial charge is 0.249 e. The van der Waals surface area contributed by atoms with Gasteiger partial charge in [-0.05, 0) is 6.42 Å². The molecule has 7 heteroatoms. The lowest BCUT2D eigenvalue weighted by atomic mass is 10.1. The van der Waals surface area contributed by atoms with Gasteiger partial charge in [0.1, 0.15) is 18.2 Å². The zero-order valence-electron chi connectivity index (χ0n) is 9.01. The average molecular weight is 236 g/mol. The van der Waals surface area contributed by atoms with Gasteiger partial charge in [-0.1, -0.05) is 0 Å². The monoisotopic (exact) mass is 236 g/mol. The van der Waals surface area contributed by atoms with Crippen molar-refractivity contribution in [3.63, 3.8) is 0 Å². The van der Waals surface area contributed by atoms with Gasteiger partial charge < -0.3 is 10.4 Å². The standard InChI is InChI=1S/C10H12N4O3/c15-4-6-3-11-5-12-9(6)13-7-1-2-8(16)14-10(7)17/h3,5,7,15H,1-2,4H2,(H,11,12,13)(H,14,16,17). The van der Waals surface area contributed by atoms with Gasteiger partial charge in [-0.3, -0.25) is 14.9 Å². The molecular formula is C10H12N4O3. The van der Waals surface area contributed by atoms with Crippen LogP contribution < -0.4 is 10.6 Å². The van der Waals surface area contributed by atoms with Crippen LogP contribution in [0.15, 0.2) is 12.5 Å². The minimum atomic E-state index is -0.507. The summed E-state index contributed by atoms with van der Waals surface area (Å²) in [5.41, 5.74) is 0.511. The van der Waals surface area contributed by atoms with Crippen LogP contribution in [0.1, 0.15) is 18.4 Å². The highest BCUT2D eigenvalue weighted by Crippen LogP contribution is 2.15. The first-order valence-corrected chi connectivity index (χ1v) is 5.20. The fraction of sp³-hybridized carbons (Fsp3) is 0.400. The molecule has 0 radical (unpaired) electrons. The highest BCUT2D eigenvalue weighted by Gasteiger charge is 2.27. The van der Waals surface area contributed by atoms with Gasteiger partial charge in [-0.2, -0.15) is 0 Å². The number of hydrogen-bond donors (Lipinski definition) is 3. The molecule has 0 aromatic carbocycles. The van der Waals surface area contributed by atoms with Crippen molar-refractivity contribution in [2.24, 2.45) is 0 Å². The van der Waals surface area contributed by atoms with Crippen LogP contribution in [0, 0.1) is 0 Å². The van der Waals surface area contributed by atoms with E-state index in [1.165, 1.54) is 12.5 Å². The highest BCUT2D eigenvalue weighted by molar-refractivity contribution is 6.01. The van der Waals surface area contributed by atoms with E-state index >= 15 is 0 Å². The number of imide groups is 1. The number of aliphatic hydroxyl groups is 1. The summed E-state index contributed by atoms with van der Waals surface area (Å²) in [7, 11) is 0. The number of nitrogens with zero attached hydrogens (tertiary/aromatic N) is 2. The average Bonchev–Trinajstić information content (AvgIpc) is 2.33. The fourth-order valence-corrected chi connectivity index (χ4v) is 1.60. The molecule has 1 fully saturated rings. The number of anilines is 1. The molecule has 0 aliphatic carbocycles. The molecule has 2 heterocycles. The van der Waals surface area contributed by atoms with Gasteiger partial charge in [0.05, 0.1) is 6.61 Å². The molecule has 1 unspecified atom stereocenters. The maximum absolute atomic E-state index is 11.5. The molecule has 0 saturated carbocycles. The van der Waals surface area contributed by atoms with Crippen LogP contribution in [0.25, 0.3) is 0 Å². The molecular weight excluding hydrogens is 224 g/mol. The molecule has 2 amide bonds. The number of rotatable bonds is 3. The largest absolute Gasteiger partial charge is 0.391 e. The summed E-state index contributed by atoms with van der Waals surface area (Å²) in [6, 6.07) is -0.507. The molecule has 1 aromatic rings. The molecule has 1 aliphatic heterocycles. The third kappa shape index (κ3) is 2.56. The number of carbonyl (C=O) groups excluding carboxylic acids is 2. The summed E-state index contributed by atoms with van der Waals surface area (Å²) >= 11 is 0. The van der Waals surface area contributed by atoms with E-state index in [9.17, 15) is 9.59 Å². The van der Waals surface area contributed by atoms with Crippen molar-refractivity contribution in [3.8, 4) is 0 Å². The van der Waals surface area contributed by atoms with Crippen LogP contribution in [-0.4, -0.2) is 32.9 Å². The molecule has 7 nitrogen and oxygen atoms in total. The van der Waals surface area contributed by atoms with Crippen LogP contribution in [0.2, 0.25) is 0 Å². The highest BCUT2D eigenvalue weighted by atomic mass is 16.3. The predicted molar refractivity (Wildman–Crippen MR) is 57.7 cm³/mol. The molecule has 1 saturated heterocycles. The maximum atomic E-state index is 11.5. The first kappa shape index (κ1) is 11.5. The van der Waals surface area contributed by atoms with Crippen molar-refractivity contribution in [3.05, 3.63) is 18.1 Å². The van der Waals surface area contributed by atoms with Gasteiger partial charge in [-0.25, -0.2) is 9.97 Å². The van der Waals surface area contributed by atoms with Crippen molar-refractivity contribution < 1.29 is 14.7 Å². The van der Waals surface area contributed by atoms with Crippen molar-refractivity contribution in [2.75, 3.05) is 5.32 Å². The van der Waals surface area contributed by atoms with Crippen LogP contribution in [-0.2, 0) is 16.2 Å². The fourth-order valence-electron chi connectivity index (χ4n) is 1.60. The zero-order chi connectivity index (χ0) is 12.3. The number of amides is 2. The van der Waals surface area contributed by atoms with Gasteiger partial charge >= 0.3 is 0 Å². The topological polar surface area (TPSA) is 104 Å². The second kappa shape index (κ2) is 4.88. The minimum absolute atomic E-state index is 0.212. The molecule has 17 heavy (non-hydrogen) atoms. The number of piperidine rings is 1. The quantitative estimate of drug-likeness (QED) is 0.593. The lowest BCUT2D eigenvalue weighted by molar-refractivity contribution is -0.133. The van der Waals surface area contributed by atoms with E-state index in [0.717, 1.165) is 0 Å². The number of aliphatic hydroxyl groups excluding tert-OH is 1. The molecule has 0 bridgehead atoms. The molecule has 1 aliphatic rings. The predicted octanol–water partition coefficient (Wildman–Crippen LogP) is -0.814. The van der Waals surface area contributed by atoms with Gasteiger partial charge in [0.25, 0.3) is 0 Å². The van der Waals surface area contributed by atoms with E-state index < -0.39 is 6.04 Å². The van der Waals surface area contributed by atoms with E-state index in [1.807, 2.05) is 0 Å². The Bertz CT molecular complexity index is 449. The Balaban J connectivity index is 2.10. The zero-order valence-corrected chi connectivity index (χ0v) is 9.01. The van der Waals surface area contributed by atoms with E-state index in [1.54, 1.807) is 0 Å². The van der Waals surface area contributed by atoms with Crippen molar-refractivity contribution >= 4 is 17.6 Å². The SMILES string of the molecule is O=C1CCC(Nc2ncncc2CO)C(=O)N1. The lowest BCUT2D eigenvalue weighted by Gasteiger charge is -2.22. The van der Waals surface area contributed by atoms with Gasteiger partial charge in [-0.15, -0.1) is 0 Å². The van der Waals surface area contributed by atoms with E-state index in [2.05, 4.69) is 20.6 Å². The van der Waals surface area contributed by atoms with Crippen molar-refractivity contribution in [1.29, 1.82) is 0 Å². The minimum Gasteiger partial charge on any atom is -0.391 e. The Morgan fingerprint density at radius 1 is 1.53 bits per heavy atom. The van der Waals surface area contributed by atoms with E-state index in [0.29, 0.717) is 24.2 Å². The molecule has 1 aromatic heterocycles. The Morgan fingerprint density at radius 3 is 3.06 bits per heavy atom. The third-order valence-electron chi connectivity index (χ3n) is 2.51. The summed E-state index contributed by atoms with van der Waals surface area (Å²) in [6.45, 7) is -0.212. The number of hydrogen-bond acceptors (Lipinski definition) is 6. The van der Waals surface area contributed by atoms with Gasteiger partial charge in [0.15, 0.2) is 0 Å². The van der Waals surface area contributed by atoms with Crippen LogP contribution >= 0.6 is 0 Å². The van der Waals surface area contributed by atoms with E-state index in [4.69, 9.17) is 5.11 Å². The summed E-state index contributed by atoms with van der Waals surface area (Å²) in [5.74, 6) is -0.223. The van der Waals surface area contributed by atoms with Crippen LogP contribution in [0.3, 0.4) is 0 Å². The van der Waals surface area contributed by atoms with E-state index in [-0.39, 0.29) is 18.4 Å². The molecule has 3 N–H and O–H groups in total. The lowest BCUT2D eigenvalue weighted by Crippen LogP contribution is -2.47. The van der Waals surface area contributed by atoms with Gasteiger partial charge in [0.2, 0.25) is 11.8 Å². The first-order valence-electron chi connectivity index (χ1n) is 5.20. The second-order valence-corrected chi connectivity index (χ2v) is 3.70.